The van der Waals surface area contributed by atoms with Crippen LogP contribution in [0.5, 0.6) is 0 Å². The van der Waals surface area contributed by atoms with Crippen molar-refractivity contribution in [3.05, 3.63) is 76.6 Å². The summed E-state index contributed by atoms with van der Waals surface area (Å²) < 4.78 is 52.7. The molecule has 1 saturated heterocycles. The van der Waals surface area contributed by atoms with E-state index in [1.165, 1.54) is 12.1 Å². The average Bonchev–Trinajstić information content (AvgIpc) is 3.41. The fourth-order valence-electron chi connectivity index (χ4n) is 4.52. The molecular weight excluding hydrogens is 536 g/mol. The number of hydrogen-bond donors (Lipinski definition) is 2. The number of imidazole rings is 1. The second-order valence-electron chi connectivity index (χ2n) is 9.69. The number of aromatic nitrogens is 2. The molecule has 1 aromatic heterocycles. The molecule has 4 rings (SSSR count). The summed E-state index contributed by atoms with van der Waals surface area (Å²) in [5.41, 5.74) is 2.77. The number of alkyl halides is 3. The number of rotatable bonds is 10. The summed E-state index contributed by atoms with van der Waals surface area (Å²) >= 11 is 6.21. The number of anilines is 2. The van der Waals surface area contributed by atoms with Gasteiger partial charge in [-0.15, -0.1) is 0 Å². The Morgan fingerprint density at radius 2 is 1.92 bits per heavy atom. The van der Waals surface area contributed by atoms with E-state index in [4.69, 9.17) is 11.6 Å². The lowest BCUT2D eigenvalue weighted by atomic mass is 10.1. The Labute approximate surface area is 229 Å². The summed E-state index contributed by atoms with van der Waals surface area (Å²) in [6, 6.07) is 9.53. The van der Waals surface area contributed by atoms with Crippen molar-refractivity contribution in [2.24, 2.45) is 0 Å². The zero-order valence-electron chi connectivity index (χ0n) is 21.6. The van der Waals surface area contributed by atoms with Crippen LogP contribution in [-0.4, -0.2) is 78.2 Å². The van der Waals surface area contributed by atoms with Gasteiger partial charge < -0.3 is 20.1 Å². The first-order valence-electron chi connectivity index (χ1n) is 12.7. The molecule has 2 heterocycles. The molecule has 1 aliphatic heterocycles. The molecule has 0 unspecified atom stereocenters. The second kappa shape index (κ2) is 12.8. The summed E-state index contributed by atoms with van der Waals surface area (Å²) in [6.07, 6.45) is -0.857. The van der Waals surface area contributed by atoms with Crippen molar-refractivity contribution in [2.75, 3.05) is 56.5 Å². The predicted octanol–water partition coefficient (Wildman–Crippen LogP) is 5.20. The summed E-state index contributed by atoms with van der Waals surface area (Å²) in [6.45, 7) is 3.05. The smallest absolute Gasteiger partial charge is 0.367 e. The maximum Gasteiger partial charge on any atom is 0.390 e. The van der Waals surface area contributed by atoms with Gasteiger partial charge in [0.05, 0.1) is 29.7 Å². The minimum Gasteiger partial charge on any atom is -0.367 e. The number of piperazine rings is 1. The molecular formula is C27H31ClF4N6O. The number of H-pyrrole nitrogens is 1. The average molecular weight is 567 g/mol. The quantitative estimate of drug-likeness (QED) is 0.330. The number of hydrogen-bond acceptors (Lipinski definition) is 5. The number of aromatic amines is 1. The number of nitrogens with one attached hydrogen (secondary N) is 2. The lowest BCUT2D eigenvalue weighted by molar-refractivity contribution is -0.138. The summed E-state index contributed by atoms with van der Waals surface area (Å²) in [4.78, 5) is 25.8. The first-order chi connectivity index (χ1) is 18.6. The normalized spacial score (nSPS) is 14.7. The van der Waals surface area contributed by atoms with Gasteiger partial charge in [0, 0.05) is 69.1 Å². The number of amides is 1. The number of benzene rings is 2. The van der Waals surface area contributed by atoms with Crippen LogP contribution in [0.15, 0.2) is 48.9 Å². The molecule has 0 saturated carbocycles. The molecule has 210 valence electrons. The van der Waals surface area contributed by atoms with E-state index in [2.05, 4.69) is 20.2 Å². The van der Waals surface area contributed by atoms with Crippen LogP contribution < -0.4 is 10.2 Å². The molecule has 2 N–H and O–H groups in total. The molecule has 0 atom stereocenters. The van der Waals surface area contributed by atoms with Crippen LogP contribution in [0.25, 0.3) is 0 Å². The number of carbonyl (C=O) groups excluding carboxylic acids is 1. The Morgan fingerprint density at radius 3 is 2.59 bits per heavy atom. The number of nitrogens with zero attached hydrogens (tertiary/aromatic N) is 4. The molecule has 1 fully saturated rings. The second-order valence-corrected chi connectivity index (χ2v) is 10.1. The van der Waals surface area contributed by atoms with Gasteiger partial charge in [-0.2, -0.15) is 13.2 Å². The maximum absolute atomic E-state index is 15.0. The molecule has 0 radical (unpaired) electrons. The van der Waals surface area contributed by atoms with Crippen LogP contribution in [0.2, 0.25) is 5.02 Å². The SMILES string of the molecule is CN(CCc1cnc[nH]1)Cc1ccc(C(=O)Nc2ccc(Cl)cc2N2CCN(CCC(F)(F)F)CC2)c(F)c1. The van der Waals surface area contributed by atoms with E-state index >= 15 is 0 Å². The topological polar surface area (TPSA) is 67.5 Å². The third kappa shape index (κ3) is 8.42. The van der Waals surface area contributed by atoms with E-state index in [0.717, 1.165) is 24.2 Å². The summed E-state index contributed by atoms with van der Waals surface area (Å²) in [7, 11) is 1.94. The monoisotopic (exact) mass is 566 g/mol. The summed E-state index contributed by atoms with van der Waals surface area (Å²) in [5, 5.41) is 3.24. The highest BCUT2D eigenvalue weighted by Gasteiger charge is 2.29. The van der Waals surface area contributed by atoms with Crippen LogP contribution >= 0.6 is 11.6 Å². The van der Waals surface area contributed by atoms with Crippen molar-refractivity contribution >= 4 is 28.9 Å². The van der Waals surface area contributed by atoms with Gasteiger partial charge >= 0.3 is 6.18 Å². The van der Waals surface area contributed by atoms with Crippen molar-refractivity contribution in [2.45, 2.75) is 25.6 Å². The van der Waals surface area contributed by atoms with Gasteiger partial charge in [-0.3, -0.25) is 9.69 Å². The largest absolute Gasteiger partial charge is 0.390 e. The van der Waals surface area contributed by atoms with E-state index in [1.54, 1.807) is 41.7 Å². The highest BCUT2D eigenvalue weighted by molar-refractivity contribution is 6.31. The standard InChI is InChI=1S/C27H31ClF4N6O/c1-36(8-6-21-16-33-18-34-21)17-19-2-4-22(23(29)14-19)26(39)35-24-5-3-20(28)15-25(24)38-12-10-37(11-13-38)9-7-27(30,31)32/h2-5,14-16,18H,6-13,17H2,1H3,(H,33,34)(H,35,39). The maximum atomic E-state index is 15.0. The minimum absolute atomic E-state index is 0.0498. The van der Waals surface area contributed by atoms with Crippen molar-refractivity contribution < 1.29 is 22.4 Å². The Hall–Kier alpha value is -3.15. The minimum atomic E-state index is -4.19. The fourth-order valence-corrected chi connectivity index (χ4v) is 4.69. The van der Waals surface area contributed by atoms with Crippen LogP contribution in [0, 0.1) is 5.82 Å². The van der Waals surface area contributed by atoms with Crippen molar-refractivity contribution in [3.8, 4) is 0 Å². The van der Waals surface area contributed by atoms with E-state index < -0.39 is 24.3 Å². The molecule has 0 bridgehead atoms. The lowest BCUT2D eigenvalue weighted by Crippen LogP contribution is -2.47. The van der Waals surface area contributed by atoms with Crippen LogP contribution in [-0.2, 0) is 13.0 Å². The number of carbonyl (C=O) groups is 1. The van der Waals surface area contributed by atoms with Gasteiger partial charge in [-0.1, -0.05) is 17.7 Å². The predicted molar refractivity (Wildman–Crippen MR) is 144 cm³/mol. The highest BCUT2D eigenvalue weighted by Crippen LogP contribution is 2.31. The van der Waals surface area contributed by atoms with Gasteiger partial charge in [0.25, 0.3) is 5.91 Å². The summed E-state index contributed by atoms with van der Waals surface area (Å²) in [5.74, 6) is -1.22. The van der Waals surface area contributed by atoms with Crippen LogP contribution in [0.1, 0.15) is 28.0 Å². The van der Waals surface area contributed by atoms with Gasteiger partial charge in [-0.25, -0.2) is 9.37 Å². The molecule has 3 aromatic rings. The molecule has 1 aliphatic rings. The Balaban J connectivity index is 1.37. The highest BCUT2D eigenvalue weighted by atomic mass is 35.5. The number of halogens is 5. The zero-order valence-corrected chi connectivity index (χ0v) is 22.3. The number of likely N-dealkylation sites (N-methyl/N-ethyl adjacent to an activating group) is 1. The third-order valence-corrected chi connectivity index (χ3v) is 6.92. The van der Waals surface area contributed by atoms with Crippen LogP contribution in [0.4, 0.5) is 28.9 Å². The Bertz CT molecular complexity index is 1250. The van der Waals surface area contributed by atoms with E-state index in [-0.39, 0.29) is 12.1 Å². The lowest BCUT2D eigenvalue weighted by Gasteiger charge is -2.37. The Kier molecular flexibility index (Phi) is 9.47. The van der Waals surface area contributed by atoms with Crippen LogP contribution in [0.3, 0.4) is 0 Å². The van der Waals surface area contributed by atoms with Gasteiger partial charge in [0.15, 0.2) is 0 Å². The third-order valence-electron chi connectivity index (χ3n) is 6.68. The molecule has 39 heavy (non-hydrogen) atoms. The fraction of sp³-hybridized carbons (Fsp3) is 0.407. The molecule has 0 spiro atoms. The van der Waals surface area contributed by atoms with E-state index in [0.29, 0.717) is 49.1 Å². The van der Waals surface area contributed by atoms with E-state index in [1.807, 2.05) is 11.9 Å². The molecule has 7 nitrogen and oxygen atoms in total. The molecule has 1 amide bonds. The zero-order chi connectivity index (χ0) is 28.0. The van der Waals surface area contributed by atoms with Gasteiger partial charge in [0.1, 0.15) is 5.82 Å². The van der Waals surface area contributed by atoms with Crippen molar-refractivity contribution in [3.63, 3.8) is 0 Å². The van der Waals surface area contributed by atoms with Crippen molar-refractivity contribution in [1.82, 2.24) is 19.8 Å². The molecule has 2 aromatic carbocycles. The first kappa shape index (κ1) is 28.8. The molecule has 0 aliphatic carbocycles. The molecule has 12 heteroatoms. The Morgan fingerprint density at radius 1 is 1.15 bits per heavy atom. The van der Waals surface area contributed by atoms with E-state index in [9.17, 15) is 22.4 Å². The van der Waals surface area contributed by atoms with Gasteiger partial charge in [-0.05, 0) is 42.9 Å². The first-order valence-corrected chi connectivity index (χ1v) is 13.0. The van der Waals surface area contributed by atoms with Crippen molar-refractivity contribution in [1.29, 1.82) is 0 Å². The van der Waals surface area contributed by atoms with Gasteiger partial charge in [0.2, 0.25) is 0 Å².